The molecule has 0 heterocycles. The zero-order valence-corrected chi connectivity index (χ0v) is 12.7. The highest BCUT2D eigenvalue weighted by atomic mass is 19.1. The largest absolute Gasteiger partial charge is 0.493 e. The van der Waals surface area contributed by atoms with Crippen LogP contribution < -0.4 is 4.74 Å². The highest BCUT2D eigenvalue weighted by Gasteiger charge is 2.08. The maximum atomic E-state index is 13.6. The van der Waals surface area contributed by atoms with Crippen LogP contribution >= 0.6 is 0 Å². The minimum atomic E-state index is -0.785. The first-order chi connectivity index (χ1) is 9.65. The highest BCUT2D eigenvalue weighted by Crippen LogP contribution is 2.21. The van der Waals surface area contributed by atoms with Gasteiger partial charge in [0.15, 0.2) is 0 Å². The lowest BCUT2D eigenvalue weighted by atomic mass is 10.1. The molecule has 0 aliphatic heterocycles. The molecule has 1 unspecified atom stereocenters. The summed E-state index contributed by atoms with van der Waals surface area (Å²) in [6.45, 7) is 4.40. The van der Waals surface area contributed by atoms with Gasteiger partial charge < -0.3 is 9.84 Å². The van der Waals surface area contributed by atoms with Crippen molar-refractivity contribution in [2.24, 2.45) is 0 Å². The minimum absolute atomic E-state index is 0.313. The second kappa shape index (κ2) is 9.76. The van der Waals surface area contributed by atoms with Gasteiger partial charge in [0.25, 0.3) is 0 Å². The second-order valence-electron chi connectivity index (χ2n) is 5.33. The number of ether oxygens (including phenoxy) is 1. The van der Waals surface area contributed by atoms with Gasteiger partial charge in [-0.1, -0.05) is 45.4 Å². The monoisotopic (exact) mass is 282 g/mol. The van der Waals surface area contributed by atoms with Crippen molar-refractivity contribution in [1.29, 1.82) is 0 Å². The van der Waals surface area contributed by atoms with Crippen LogP contribution in [0.5, 0.6) is 5.75 Å². The van der Waals surface area contributed by atoms with Crippen LogP contribution in [0.3, 0.4) is 0 Å². The summed E-state index contributed by atoms with van der Waals surface area (Å²) in [7, 11) is 0. The fraction of sp³-hybridized carbons (Fsp3) is 0.647. The summed E-state index contributed by atoms with van der Waals surface area (Å²) in [4.78, 5) is 0. The van der Waals surface area contributed by atoms with E-state index in [4.69, 9.17) is 4.74 Å². The molecule has 0 radical (unpaired) electrons. The van der Waals surface area contributed by atoms with Crippen LogP contribution in [-0.2, 0) is 0 Å². The number of aliphatic hydroxyl groups excluding tert-OH is 1. The van der Waals surface area contributed by atoms with E-state index in [1.165, 1.54) is 38.2 Å². The van der Waals surface area contributed by atoms with E-state index in [-0.39, 0.29) is 0 Å². The van der Waals surface area contributed by atoms with Crippen LogP contribution in [0, 0.1) is 5.82 Å². The smallest absolute Gasteiger partial charge is 0.132 e. The van der Waals surface area contributed by atoms with Gasteiger partial charge in [-0.25, -0.2) is 4.39 Å². The van der Waals surface area contributed by atoms with E-state index in [1.807, 2.05) is 0 Å². The van der Waals surface area contributed by atoms with Crippen LogP contribution in [-0.4, -0.2) is 11.7 Å². The first-order valence-corrected chi connectivity index (χ1v) is 7.75. The normalized spacial score (nSPS) is 12.4. The zero-order valence-electron chi connectivity index (χ0n) is 12.7. The first-order valence-electron chi connectivity index (χ1n) is 7.75. The van der Waals surface area contributed by atoms with E-state index < -0.39 is 11.9 Å². The average Bonchev–Trinajstić information content (AvgIpc) is 2.41. The lowest BCUT2D eigenvalue weighted by molar-refractivity contribution is 0.194. The molecule has 0 aliphatic carbocycles. The standard InChI is InChI=1S/C17H27FO2/c1-3-4-5-6-7-8-9-12-20-15-10-11-16(14(2)19)17(18)13-15/h10-11,13-14,19H,3-9,12H2,1-2H3. The Labute approximate surface area is 122 Å². The minimum Gasteiger partial charge on any atom is -0.493 e. The van der Waals surface area contributed by atoms with Gasteiger partial charge in [-0.15, -0.1) is 0 Å². The second-order valence-corrected chi connectivity index (χ2v) is 5.33. The molecule has 1 aromatic carbocycles. The molecule has 3 heteroatoms. The van der Waals surface area contributed by atoms with Crippen molar-refractivity contribution in [3.63, 3.8) is 0 Å². The van der Waals surface area contributed by atoms with Crippen LogP contribution in [0.15, 0.2) is 18.2 Å². The van der Waals surface area contributed by atoms with Crippen LogP contribution in [0.4, 0.5) is 4.39 Å². The number of hydrogen-bond acceptors (Lipinski definition) is 2. The number of halogens is 1. The molecular weight excluding hydrogens is 255 g/mol. The summed E-state index contributed by atoms with van der Waals surface area (Å²) in [5, 5.41) is 9.35. The van der Waals surface area contributed by atoms with Crippen molar-refractivity contribution in [1.82, 2.24) is 0 Å². The molecule has 1 atom stereocenters. The molecule has 114 valence electrons. The molecule has 1 N–H and O–H groups in total. The van der Waals surface area contributed by atoms with E-state index in [1.54, 1.807) is 19.1 Å². The highest BCUT2D eigenvalue weighted by molar-refractivity contribution is 5.29. The van der Waals surface area contributed by atoms with E-state index in [0.29, 0.717) is 17.9 Å². The molecule has 0 spiro atoms. The fourth-order valence-corrected chi connectivity index (χ4v) is 2.19. The molecular formula is C17H27FO2. The average molecular weight is 282 g/mol. The molecule has 0 saturated carbocycles. The predicted molar refractivity (Wildman–Crippen MR) is 80.5 cm³/mol. The third-order valence-corrected chi connectivity index (χ3v) is 3.44. The topological polar surface area (TPSA) is 29.5 Å². The SMILES string of the molecule is CCCCCCCCCOc1ccc(C(C)O)c(F)c1. The Morgan fingerprint density at radius 1 is 1.10 bits per heavy atom. The van der Waals surface area contributed by atoms with Crippen molar-refractivity contribution >= 4 is 0 Å². The third-order valence-electron chi connectivity index (χ3n) is 3.44. The summed E-state index contributed by atoms with van der Waals surface area (Å²) >= 11 is 0. The molecule has 0 saturated heterocycles. The molecule has 0 amide bonds. The van der Waals surface area contributed by atoms with E-state index in [9.17, 15) is 9.50 Å². The van der Waals surface area contributed by atoms with E-state index >= 15 is 0 Å². The van der Waals surface area contributed by atoms with Crippen molar-refractivity contribution in [3.8, 4) is 5.75 Å². The number of rotatable bonds is 10. The Morgan fingerprint density at radius 2 is 1.75 bits per heavy atom. The summed E-state index contributed by atoms with van der Waals surface area (Å²) in [5.41, 5.74) is 0.313. The van der Waals surface area contributed by atoms with Crippen LogP contribution in [0.1, 0.15) is 70.5 Å². The molecule has 1 rings (SSSR count). The number of benzene rings is 1. The fourth-order valence-electron chi connectivity index (χ4n) is 2.19. The molecule has 20 heavy (non-hydrogen) atoms. The molecule has 0 aromatic heterocycles. The van der Waals surface area contributed by atoms with Crippen molar-refractivity contribution < 1.29 is 14.2 Å². The van der Waals surface area contributed by atoms with Gasteiger partial charge in [0, 0.05) is 11.6 Å². The van der Waals surface area contributed by atoms with Crippen molar-refractivity contribution in [2.75, 3.05) is 6.61 Å². The van der Waals surface area contributed by atoms with Crippen LogP contribution in [0.25, 0.3) is 0 Å². The van der Waals surface area contributed by atoms with E-state index in [2.05, 4.69) is 6.92 Å². The van der Waals surface area contributed by atoms with Gasteiger partial charge in [-0.2, -0.15) is 0 Å². The molecule has 1 aromatic rings. The lowest BCUT2D eigenvalue weighted by Gasteiger charge is -2.10. The Morgan fingerprint density at radius 3 is 2.35 bits per heavy atom. The number of aliphatic hydroxyl groups is 1. The Bertz CT molecular complexity index is 377. The number of hydrogen-bond donors (Lipinski definition) is 1. The predicted octanol–water partition coefficient (Wildman–Crippen LogP) is 5.01. The third kappa shape index (κ3) is 6.38. The molecule has 2 nitrogen and oxygen atoms in total. The van der Waals surface area contributed by atoms with Crippen molar-refractivity contribution in [3.05, 3.63) is 29.6 Å². The van der Waals surface area contributed by atoms with Gasteiger partial charge in [0.1, 0.15) is 11.6 Å². The maximum absolute atomic E-state index is 13.6. The molecule has 0 aliphatic rings. The summed E-state index contributed by atoms with van der Waals surface area (Å²) < 4.78 is 19.1. The van der Waals surface area contributed by atoms with Gasteiger partial charge in [-0.3, -0.25) is 0 Å². The Kier molecular flexibility index (Phi) is 8.28. The Balaban J connectivity index is 2.18. The Hall–Kier alpha value is -1.09. The van der Waals surface area contributed by atoms with Crippen LogP contribution in [0.2, 0.25) is 0 Å². The molecule has 0 fully saturated rings. The maximum Gasteiger partial charge on any atom is 0.132 e. The van der Waals surface area contributed by atoms with Crippen molar-refractivity contribution in [2.45, 2.75) is 64.9 Å². The van der Waals surface area contributed by atoms with Gasteiger partial charge in [0.05, 0.1) is 12.7 Å². The summed E-state index contributed by atoms with van der Waals surface area (Å²) in [5.74, 6) is 0.134. The molecule has 0 bridgehead atoms. The first kappa shape index (κ1) is 17.0. The lowest BCUT2D eigenvalue weighted by Crippen LogP contribution is -2.00. The summed E-state index contributed by atoms with van der Waals surface area (Å²) in [6, 6.07) is 4.65. The van der Waals surface area contributed by atoms with E-state index in [0.717, 1.165) is 12.8 Å². The van der Waals surface area contributed by atoms with Gasteiger partial charge in [0.2, 0.25) is 0 Å². The van der Waals surface area contributed by atoms with Gasteiger partial charge in [-0.05, 0) is 25.5 Å². The summed E-state index contributed by atoms with van der Waals surface area (Å²) in [6.07, 6.45) is 7.85. The van der Waals surface area contributed by atoms with Gasteiger partial charge >= 0.3 is 0 Å². The zero-order chi connectivity index (χ0) is 14.8. The number of unbranched alkanes of at least 4 members (excludes halogenated alkanes) is 6. The quantitative estimate of drug-likeness (QED) is 0.611.